The summed E-state index contributed by atoms with van der Waals surface area (Å²) in [6.45, 7) is 0.390. The van der Waals surface area contributed by atoms with Gasteiger partial charge >= 0.3 is 0 Å². The van der Waals surface area contributed by atoms with E-state index in [0.717, 1.165) is 16.9 Å². The maximum atomic E-state index is 12.9. The van der Waals surface area contributed by atoms with Crippen molar-refractivity contribution in [2.24, 2.45) is 0 Å². The van der Waals surface area contributed by atoms with Gasteiger partial charge in [0.05, 0.1) is 0 Å². The molecule has 0 unspecified atom stereocenters. The van der Waals surface area contributed by atoms with Gasteiger partial charge < -0.3 is 4.74 Å². The van der Waals surface area contributed by atoms with Crippen LogP contribution in [0.1, 0.15) is 11.1 Å². The Bertz CT molecular complexity index is 528. The van der Waals surface area contributed by atoms with Crippen molar-refractivity contribution in [2.75, 3.05) is 0 Å². The Labute approximate surface area is 119 Å². The molecule has 0 amide bonds. The van der Waals surface area contributed by atoms with Crippen molar-refractivity contribution in [1.29, 1.82) is 0 Å². The van der Waals surface area contributed by atoms with Gasteiger partial charge in [-0.05, 0) is 29.8 Å². The Morgan fingerprint density at radius 1 is 1.11 bits per heavy atom. The van der Waals surface area contributed by atoms with E-state index in [4.69, 9.17) is 16.3 Å². The Balaban J connectivity index is 2.02. The minimum absolute atomic E-state index is 0.267. The number of ether oxygens (including phenoxy) is 1. The molecule has 0 radical (unpaired) electrons. The molecule has 2 aromatic rings. The number of hydrogen-bond acceptors (Lipinski definition) is 1. The Morgan fingerprint density at radius 3 is 2.44 bits per heavy atom. The molecule has 2 rings (SSSR count). The highest BCUT2D eigenvalue weighted by atomic mass is 79.9. The van der Waals surface area contributed by atoms with E-state index >= 15 is 0 Å². The molecular formula is C14H11BrClFO. The summed E-state index contributed by atoms with van der Waals surface area (Å²) >= 11 is 9.01. The Kier molecular flexibility index (Phi) is 4.61. The monoisotopic (exact) mass is 328 g/mol. The minimum Gasteiger partial charge on any atom is -0.489 e. The van der Waals surface area contributed by atoms with E-state index < -0.39 is 0 Å². The van der Waals surface area contributed by atoms with Crippen LogP contribution < -0.4 is 4.74 Å². The quantitative estimate of drug-likeness (QED) is 0.725. The zero-order valence-electron chi connectivity index (χ0n) is 9.50. The van der Waals surface area contributed by atoms with Gasteiger partial charge in [0, 0.05) is 15.9 Å². The van der Waals surface area contributed by atoms with Gasteiger partial charge in [-0.2, -0.15) is 0 Å². The molecule has 18 heavy (non-hydrogen) atoms. The van der Waals surface area contributed by atoms with Crippen LogP contribution in [0.15, 0.2) is 46.9 Å². The van der Waals surface area contributed by atoms with Gasteiger partial charge in [0.15, 0.2) is 0 Å². The molecule has 94 valence electrons. The number of alkyl halides is 1. The lowest BCUT2D eigenvalue weighted by Gasteiger charge is -2.08. The maximum absolute atomic E-state index is 12.9. The van der Waals surface area contributed by atoms with E-state index in [1.165, 1.54) is 12.1 Å². The molecule has 0 N–H and O–H groups in total. The van der Waals surface area contributed by atoms with Crippen LogP contribution >= 0.6 is 27.5 Å². The predicted octanol–water partition coefficient (Wildman–Crippen LogP) is 4.91. The molecular weight excluding hydrogens is 319 g/mol. The van der Waals surface area contributed by atoms with Crippen LogP contribution in [0.4, 0.5) is 4.39 Å². The van der Waals surface area contributed by atoms with Gasteiger partial charge in [-0.15, -0.1) is 11.6 Å². The van der Waals surface area contributed by atoms with Crippen LogP contribution in [0.3, 0.4) is 0 Å². The third-order valence-electron chi connectivity index (χ3n) is 2.49. The number of rotatable bonds is 4. The van der Waals surface area contributed by atoms with Crippen LogP contribution in [0, 0.1) is 5.82 Å². The highest BCUT2D eigenvalue weighted by molar-refractivity contribution is 9.10. The molecule has 0 saturated carbocycles. The van der Waals surface area contributed by atoms with Gasteiger partial charge in [-0.1, -0.05) is 34.1 Å². The summed E-state index contributed by atoms with van der Waals surface area (Å²) in [6, 6.07) is 12.1. The molecule has 0 saturated heterocycles. The first-order valence-electron chi connectivity index (χ1n) is 5.40. The largest absolute Gasteiger partial charge is 0.489 e. The van der Waals surface area contributed by atoms with E-state index in [1.54, 1.807) is 6.07 Å². The average molecular weight is 330 g/mol. The summed E-state index contributed by atoms with van der Waals surface area (Å²) in [5.74, 6) is 0.987. The molecule has 0 aromatic heterocycles. The summed E-state index contributed by atoms with van der Waals surface area (Å²) in [7, 11) is 0. The third kappa shape index (κ3) is 3.47. The van der Waals surface area contributed by atoms with Crippen molar-refractivity contribution < 1.29 is 9.13 Å². The number of hydrogen-bond donors (Lipinski definition) is 0. The molecule has 0 aliphatic rings. The average Bonchev–Trinajstić information content (AvgIpc) is 2.38. The molecule has 4 heteroatoms. The summed E-state index contributed by atoms with van der Waals surface area (Å²) in [5, 5.41) is 0. The molecule has 0 atom stereocenters. The molecule has 0 aliphatic carbocycles. The molecule has 0 heterocycles. The Hall–Kier alpha value is -1.06. The fraction of sp³-hybridized carbons (Fsp3) is 0.143. The summed E-state index contributed by atoms with van der Waals surface area (Å²) < 4.78 is 19.2. The molecule has 0 spiro atoms. The second-order valence-electron chi connectivity index (χ2n) is 3.80. The van der Waals surface area contributed by atoms with Crippen LogP contribution in [0.5, 0.6) is 5.75 Å². The third-order valence-corrected chi connectivity index (χ3v) is 3.53. The van der Waals surface area contributed by atoms with E-state index in [2.05, 4.69) is 15.9 Å². The minimum atomic E-state index is -0.267. The molecule has 2 aromatic carbocycles. The highest BCUT2D eigenvalue weighted by Crippen LogP contribution is 2.21. The number of halogens is 3. The fourth-order valence-corrected chi connectivity index (χ4v) is 2.12. The zero-order valence-corrected chi connectivity index (χ0v) is 11.8. The van der Waals surface area contributed by atoms with Gasteiger partial charge in [-0.25, -0.2) is 4.39 Å². The maximum Gasteiger partial charge on any atom is 0.124 e. The summed E-state index contributed by atoms with van der Waals surface area (Å²) in [4.78, 5) is 0. The SMILES string of the molecule is Fc1ccc(COc2ccc(CCl)cc2)c(Br)c1. The van der Waals surface area contributed by atoms with Gasteiger partial charge in [0.1, 0.15) is 18.2 Å². The lowest BCUT2D eigenvalue weighted by molar-refractivity contribution is 0.305. The van der Waals surface area contributed by atoms with E-state index in [-0.39, 0.29) is 5.82 Å². The lowest BCUT2D eigenvalue weighted by Crippen LogP contribution is -1.97. The summed E-state index contributed by atoms with van der Waals surface area (Å²) in [6.07, 6.45) is 0. The summed E-state index contributed by atoms with van der Waals surface area (Å²) in [5.41, 5.74) is 1.95. The van der Waals surface area contributed by atoms with Crippen molar-refractivity contribution in [3.8, 4) is 5.75 Å². The van der Waals surface area contributed by atoms with Crippen molar-refractivity contribution >= 4 is 27.5 Å². The number of benzene rings is 2. The van der Waals surface area contributed by atoms with Crippen LogP contribution in [-0.2, 0) is 12.5 Å². The van der Waals surface area contributed by atoms with Crippen molar-refractivity contribution in [3.05, 3.63) is 63.9 Å². The lowest BCUT2D eigenvalue weighted by atomic mass is 10.2. The second kappa shape index (κ2) is 6.21. The van der Waals surface area contributed by atoms with Gasteiger partial charge in [0.2, 0.25) is 0 Å². The van der Waals surface area contributed by atoms with E-state index in [9.17, 15) is 4.39 Å². The van der Waals surface area contributed by atoms with Crippen LogP contribution in [0.2, 0.25) is 0 Å². The molecule has 0 bridgehead atoms. The zero-order chi connectivity index (χ0) is 13.0. The first-order valence-corrected chi connectivity index (χ1v) is 6.73. The predicted molar refractivity (Wildman–Crippen MR) is 74.4 cm³/mol. The fourth-order valence-electron chi connectivity index (χ4n) is 1.47. The smallest absolute Gasteiger partial charge is 0.124 e. The normalized spacial score (nSPS) is 10.4. The first-order chi connectivity index (χ1) is 8.69. The van der Waals surface area contributed by atoms with Crippen LogP contribution in [0.25, 0.3) is 0 Å². The second-order valence-corrected chi connectivity index (χ2v) is 4.92. The highest BCUT2D eigenvalue weighted by Gasteiger charge is 2.02. The van der Waals surface area contributed by atoms with E-state index in [0.29, 0.717) is 17.0 Å². The van der Waals surface area contributed by atoms with E-state index in [1.807, 2.05) is 24.3 Å². The molecule has 0 fully saturated rings. The van der Waals surface area contributed by atoms with Crippen molar-refractivity contribution in [3.63, 3.8) is 0 Å². The van der Waals surface area contributed by atoms with Gasteiger partial charge in [-0.3, -0.25) is 0 Å². The van der Waals surface area contributed by atoms with Crippen LogP contribution in [-0.4, -0.2) is 0 Å². The molecule has 0 aliphatic heterocycles. The van der Waals surface area contributed by atoms with Gasteiger partial charge in [0.25, 0.3) is 0 Å². The first kappa shape index (κ1) is 13.4. The Morgan fingerprint density at radius 2 is 1.83 bits per heavy atom. The van der Waals surface area contributed by atoms with Crippen molar-refractivity contribution in [2.45, 2.75) is 12.5 Å². The van der Waals surface area contributed by atoms with Crippen molar-refractivity contribution in [1.82, 2.24) is 0 Å². The standard InChI is InChI=1S/C14H11BrClFO/c15-14-7-12(17)4-3-11(14)9-18-13-5-1-10(8-16)2-6-13/h1-7H,8-9H2. The topological polar surface area (TPSA) is 9.23 Å². The molecule has 1 nitrogen and oxygen atoms in total.